The molecule has 0 bridgehead atoms. The van der Waals surface area contributed by atoms with Gasteiger partial charge in [0, 0.05) is 22.5 Å². The Morgan fingerprint density at radius 1 is 1.22 bits per heavy atom. The molecule has 0 fully saturated rings. The second kappa shape index (κ2) is 5.86. The number of nitrogens with zero attached hydrogens (tertiary/aromatic N) is 3. The van der Waals surface area contributed by atoms with E-state index in [9.17, 15) is 4.79 Å². The Hall–Kier alpha value is -2.05. The predicted molar refractivity (Wildman–Crippen MR) is 92.0 cm³/mol. The summed E-state index contributed by atoms with van der Waals surface area (Å²) in [5.41, 5.74) is 2.48. The van der Waals surface area contributed by atoms with Crippen molar-refractivity contribution in [1.29, 1.82) is 0 Å². The van der Waals surface area contributed by atoms with Gasteiger partial charge < -0.3 is 4.90 Å². The Balaban J connectivity index is 1.75. The summed E-state index contributed by atoms with van der Waals surface area (Å²) in [7, 11) is 0. The minimum atomic E-state index is -0.0484. The highest BCUT2D eigenvalue weighted by molar-refractivity contribution is 7.10. The first kappa shape index (κ1) is 14.5. The molecule has 0 saturated carbocycles. The van der Waals surface area contributed by atoms with Crippen LogP contribution in [0.5, 0.6) is 0 Å². The number of thiophene rings is 2. The fourth-order valence-corrected chi connectivity index (χ4v) is 4.70. The van der Waals surface area contributed by atoms with Crippen molar-refractivity contribution in [1.82, 2.24) is 14.9 Å². The molecule has 3 aromatic heterocycles. The molecule has 1 aliphatic heterocycles. The summed E-state index contributed by atoms with van der Waals surface area (Å²) in [6.07, 6.45) is 4.12. The lowest BCUT2D eigenvalue weighted by molar-refractivity contribution is 0.0692. The van der Waals surface area contributed by atoms with Crippen LogP contribution in [0.2, 0.25) is 0 Å². The number of rotatable bonds is 2. The molecule has 4 rings (SSSR count). The Morgan fingerprint density at radius 3 is 2.87 bits per heavy atom. The molecular formula is C17H15N3OS2. The molecule has 3 aromatic rings. The standard InChI is InChI=1S/C17H15N3OS2/c1-11-9-19-13(10-18-11)17(21)20-6-4-14-12(5-8-23-14)16(20)15-3-2-7-22-15/h2-3,5,7-10,16H,4,6H2,1H3. The topological polar surface area (TPSA) is 46.1 Å². The maximum Gasteiger partial charge on any atom is 0.274 e. The van der Waals surface area contributed by atoms with Crippen LogP contribution in [0.1, 0.15) is 37.5 Å². The van der Waals surface area contributed by atoms with Gasteiger partial charge in [-0.05, 0) is 41.8 Å². The summed E-state index contributed by atoms with van der Waals surface area (Å²) in [6.45, 7) is 2.58. The molecule has 1 atom stereocenters. The molecule has 116 valence electrons. The largest absolute Gasteiger partial charge is 0.325 e. The van der Waals surface area contributed by atoms with Gasteiger partial charge in [0.2, 0.25) is 0 Å². The van der Waals surface area contributed by atoms with Crippen molar-refractivity contribution in [3.63, 3.8) is 0 Å². The summed E-state index contributed by atoms with van der Waals surface area (Å²) in [6, 6.07) is 6.27. The van der Waals surface area contributed by atoms with E-state index in [2.05, 4.69) is 32.9 Å². The van der Waals surface area contributed by atoms with Gasteiger partial charge in [0.25, 0.3) is 5.91 Å². The van der Waals surface area contributed by atoms with Crippen LogP contribution >= 0.6 is 22.7 Å². The second-order valence-electron chi connectivity index (χ2n) is 5.51. The van der Waals surface area contributed by atoms with E-state index < -0.39 is 0 Å². The molecule has 1 aliphatic rings. The molecule has 4 heterocycles. The highest BCUT2D eigenvalue weighted by Gasteiger charge is 2.34. The van der Waals surface area contributed by atoms with Gasteiger partial charge in [-0.15, -0.1) is 22.7 Å². The van der Waals surface area contributed by atoms with Crippen LogP contribution in [0.15, 0.2) is 41.4 Å². The second-order valence-corrected chi connectivity index (χ2v) is 7.49. The number of aromatic nitrogens is 2. The van der Waals surface area contributed by atoms with Crippen LogP contribution in [-0.4, -0.2) is 27.3 Å². The Bertz CT molecular complexity index is 824. The number of carbonyl (C=O) groups is 1. The van der Waals surface area contributed by atoms with E-state index in [4.69, 9.17) is 0 Å². The van der Waals surface area contributed by atoms with Gasteiger partial charge in [-0.25, -0.2) is 4.98 Å². The third kappa shape index (κ3) is 2.58. The van der Waals surface area contributed by atoms with Crippen molar-refractivity contribution >= 4 is 28.6 Å². The van der Waals surface area contributed by atoms with Gasteiger partial charge in [-0.2, -0.15) is 0 Å². The molecule has 0 N–H and O–H groups in total. The summed E-state index contributed by atoms with van der Waals surface area (Å²) < 4.78 is 0. The molecule has 0 spiro atoms. The number of carbonyl (C=O) groups excluding carboxylic acids is 1. The van der Waals surface area contributed by atoms with Gasteiger partial charge in [0.1, 0.15) is 5.69 Å². The molecule has 4 nitrogen and oxygen atoms in total. The molecule has 1 unspecified atom stereocenters. The van der Waals surface area contributed by atoms with Crippen LogP contribution in [0.4, 0.5) is 0 Å². The van der Waals surface area contributed by atoms with Crippen LogP contribution < -0.4 is 0 Å². The summed E-state index contributed by atoms with van der Waals surface area (Å²) in [5.74, 6) is -0.0484. The molecule has 1 amide bonds. The maximum absolute atomic E-state index is 13.0. The van der Waals surface area contributed by atoms with Crippen LogP contribution in [0.3, 0.4) is 0 Å². The SMILES string of the molecule is Cc1cnc(C(=O)N2CCc3sccc3C2c2cccs2)cn1. The van der Waals surface area contributed by atoms with E-state index in [-0.39, 0.29) is 11.9 Å². The minimum absolute atomic E-state index is 0.0133. The van der Waals surface area contributed by atoms with Crippen LogP contribution in [0, 0.1) is 6.92 Å². The molecular weight excluding hydrogens is 326 g/mol. The average Bonchev–Trinajstić information content (AvgIpc) is 3.25. The van der Waals surface area contributed by atoms with Gasteiger partial charge in [0.05, 0.1) is 17.9 Å². The van der Waals surface area contributed by atoms with Gasteiger partial charge in [-0.3, -0.25) is 9.78 Å². The molecule has 0 saturated heterocycles. The van der Waals surface area contributed by atoms with Gasteiger partial charge >= 0.3 is 0 Å². The summed E-state index contributed by atoms with van der Waals surface area (Å²) >= 11 is 3.47. The molecule has 23 heavy (non-hydrogen) atoms. The third-order valence-electron chi connectivity index (χ3n) is 4.04. The molecule has 0 radical (unpaired) electrons. The van der Waals surface area contributed by atoms with E-state index in [0.717, 1.165) is 12.1 Å². The zero-order valence-electron chi connectivity index (χ0n) is 12.6. The van der Waals surface area contributed by atoms with E-state index in [0.29, 0.717) is 12.2 Å². The fraction of sp³-hybridized carbons (Fsp3) is 0.235. The summed E-state index contributed by atoms with van der Waals surface area (Å²) in [4.78, 5) is 26.0. The lowest BCUT2D eigenvalue weighted by Gasteiger charge is -2.35. The Morgan fingerprint density at radius 2 is 2.13 bits per heavy atom. The van der Waals surface area contributed by atoms with Crippen LogP contribution in [-0.2, 0) is 6.42 Å². The quantitative estimate of drug-likeness (QED) is 0.714. The van der Waals surface area contributed by atoms with E-state index in [1.165, 1.54) is 15.3 Å². The molecule has 0 aromatic carbocycles. The number of hydrogen-bond donors (Lipinski definition) is 0. The fourth-order valence-electron chi connectivity index (χ4n) is 2.94. The normalized spacial score (nSPS) is 17.1. The highest BCUT2D eigenvalue weighted by atomic mass is 32.1. The highest BCUT2D eigenvalue weighted by Crippen LogP contribution is 2.39. The van der Waals surface area contributed by atoms with Crippen LogP contribution in [0.25, 0.3) is 0 Å². The third-order valence-corrected chi connectivity index (χ3v) is 5.96. The van der Waals surface area contributed by atoms with Crippen molar-refractivity contribution in [2.75, 3.05) is 6.54 Å². The first-order chi connectivity index (χ1) is 11.2. The van der Waals surface area contributed by atoms with Crippen molar-refractivity contribution in [2.24, 2.45) is 0 Å². The number of aryl methyl sites for hydroxylation is 1. The molecule has 0 aliphatic carbocycles. The lowest BCUT2D eigenvalue weighted by atomic mass is 9.98. The van der Waals surface area contributed by atoms with Crippen molar-refractivity contribution in [3.05, 3.63) is 68.1 Å². The predicted octanol–water partition coefficient (Wildman–Crippen LogP) is 3.70. The van der Waals surface area contributed by atoms with E-state index >= 15 is 0 Å². The van der Waals surface area contributed by atoms with Gasteiger partial charge in [0.15, 0.2) is 0 Å². The Kier molecular flexibility index (Phi) is 3.71. The lowest BCUT2D eigenvalue weighted by Crippen LogP contribution is -2.40. The summed E-state index contributed by atoms with van der Waals surface area (Å²) in [5, 5.41) is 4.18. The van der Waals surface area contributed by atoms with Crippen molar-refractivity contribution in [2.45, 2.75) is 19.4 Å². The zero-order chi connectivity index (χ0) is 15.8. The first-order valence-corrected chi connectivity index (χ1v) is 9.19. The van der Waals surface area contributed by atoms with E-state index in [1.54, 1.807) is 35.1 Å². The van der Waals surface area contributed by atoms with Crippen molar-refractivity contribution < 1.29 is 4.79 Å². The monoisotopic (exact) mass is 341 g/mol. The first-order valence-electron chi connectivity index (χ1n) is 7.43. The Labute approximate surface area is 142 Å². The zero-order valence-corrected chi connectivity index (χ0v) is 14.2. The molecule has 6 heteroatoms. The maximum atomic E-state index is 13.0. The van der Waals surface area contributed by atoms with Crippen molar-refractivity contribution in [3.8, 4) is 0 Å². The smallest absolute Gasteiger partial charge is 0.274 e. The number of hydrogen-bond acceptors (Lipinski definition) is 5. The van der Waals surface area contributed by atoms with E-state index in [1.807, 2.05) is 17.9 Å². The number of amides is 1. The van der Waals surface area contributed by atoms with Gasteiger partial charge in [-0.1, -0.05) is 6.07 Å². The minimum Gasteiger partial charge on any atom is -0.325 e. The number of fused-ring (bicyclic) bond motifs is 1. The average molecular weight is 341 g/mol.